The van der Waals surface area contributed by atoms with E-state index >= 15 is 0 Å². The van der Waals surface area contributed by atoms with Gasteiger partial charge in [0.1, 0.15) is 11.6 Å². The summed E-state index contributed by atoms with van der Waals surface area (Å²) in [6.45, 7) is 1.29. The van der Waals surface area contributed by atoms with Gasteiger partial charge in [-0.3, -0.25) is 4.79 Å². The molecule has 29 heavy (non-hydrogen) atoms. The standard InChI is InChI=1S/C22H24FN3O3/c1-29-20-14-17(9-10-19(20)25-11-4-8-21(25)27)24-22(28)26-12-3-7-18(26)15-5-2-6-16(23)13-15/h2,5-6,9-10,13-14,18H,3-4,7-8,11-12H2,1H3,(H,24,28)/t18-/m1/s1. The number of amides is 3. The number of halogens is 1. The number of methoxy groups -OCH3 is 1. The Morgan fingerprint density at radius 2 is 2.03 bits per heavy atom. The largest absolute Gasteiger partial charge is 0.494 e. The molecule has 2 saturated heterocycles. The number of likely N-dealkylation sites (tertiary alicyclic amines) is 1. The molecule has 3 amide bonds. The Hall–Kier alpha value is -3.09. The number of nitrogens with one attached hydrogen (secondary N) is 1. The fourth-order valence-corrected chi connectivity index (χ4v) is 4.15. The molecule has 7 heteroatoms. The summed E-state index contributed by atoms with van der Waals surface area (Å²) >= 11 is 0. The Morgan fingerprint density at radius 3 is 2.76 bits per heavy atom. The van der Waals surface area contributed by atoms with Crippen LogP contribution in [0.25, 0.3) is 0 Å². The predicted octanol–water partition coefficient (Wildman–Crippen LogP) is 4.33. The van der Waals surface area contributed by atoms with Gasteiger partial charge in [0, 0.05) is 31.3 Å². The summed E-state index contributed by atoms with van der Waals surface area (Å²) in [6, 6.07) is 11.3. The third-order valence-electron chi connectivity index (χ3n) is 5.54. The predicted molar refractivity (Wildman–Crippen MR) is 109 cm³/mol. The van der Waals surface area contributed by atoms with Gasteiger partial charge in [-0.1, -0.05) is 12.1 Å². The number of hydrogen-bond acceptors (Lipinski definition) is 3. The van der Waals surface area contributed by atoms with Gasteiger partial charge in [0.15, 0.2) is 0 Å². The summed E-state index contributed by atoms with van der Waals surface area (Å²) < 4.78 is 19.1. The Bertz CT molecular complexity index is 933. The van der Waals surface area contributed by atoms with Crippen molar-refractivity contribution in [2.75, 3.05) is 30.4 Å². The van der Waals surface area contributed by atoms with Crippen LogP contribution in [-0.4, -0.2) is 37.0 Å². The van der Waals surface area contributed by atoms with E-state index in [4.69, 9.17) is 4.74 Å². The third-order valence-corrected chi connectivity index (χ3v) is 5.54. The molecule has 6 nitrogen and oxygen atoms in total. The first-order valence-electron chi connectivity index (χ1n) is 9.88. The maximum absolute atomic E-state index is 13.6. The average molecular weight is 397 g/mol. The van der Waals surface area contributed by atoms with E-state index in [9.17, 15) is 14.0 Å². The summed E-state index contributed by atoms with van der Waals surface area (Å²) in [5, 5.41) is 2.91. The van der Waals surface area contributed by atoms with E-state index in [0.29, 0.717) is 36.6 Å². The highest BCUT2D eigenvalue weighted by Gasteiger charge is 2.30. The van der Waals surface area contributed by atoms with E-state index in [-0.39, 0.29) is 23.8 Å². The molecule has 1 atom stereocenters. The van der Waals surface area contributed by atoms with Gasteiger partial charge in [-0.2, -0.15) is 0 Å². The summed E-state index contributed by atoms with van der Waals surface area (Å²) in [5.41, 5.74) is 2.11. The minimum atomic E-state index is -0.299. The van der Waals surface area contributed by atoms with E-state index in [2.05, 4.69) is 5.32 Å². The Labute approximate surface area is 169 Å². The fourth-order valence-electron chi connectivity index (χ4n) is 4.15. The lowest BCUT2D eigenvalue weighted by Gasteiger charge is -2.26. The van der Waals surface area contributed by atoms with Crippen LogP contribution in [0.3, 0.4) is 0 Å². The first kappa shape index (κ1) is 19.2. The molecule has 2 heterocycles. The van der Waals surface area contributed by atoms with Crippen LogP contribution >= 0.6 is 0 Å². The molecule has 0 unspecified atom stereocenters. The minimum absolute atomic E-state index is 0.0788. The van der Waals surface area contributed by atoms with Gasteiger partial charge in [-0.15, -0.1) is 0 Å². The van der Waals surface area contributed by atoms with Crippen LogP contribution in [0.1, 0.15) is 37.3 Å². The smallest absolute Gasteiger partial charge is 0.322 e. The van der Waals surface area contributed by atoms with E-state index < -0.39 is 0 Å². The zero-order valence-corrected chi connectivity index (χ0v) is 16.4. The second-order valence-corrected chi connectivity index (χ2v) is 7.37. The molecule has 2 fully saturated rings. The maximum atomic E-state index is 13.6. The molecular formula is C22H24FN3O3. The summed E-state index contributed by atoms with van der Waals surface area (Å²) in [7, 11) is 1.55. The normalized spacial score (nSPS) is 19.0. The lowest BCUT2D eigenvalue weighted by atomic mass is 10.0. The van der Waals surface area contributed by atoms with Crippen molar-refractivity contribution in [2.45, 2.75) is 31.7 Å². The number of ether oxygens (including phenoxy) is 1. The second-order valence-electron chi connectivity index (χ2n) is 7.37. The van der Waals surface area contributed by atoms with Crippen molar-refractivity contribution >= 4 is 23.3 Å². The van der Waals surface area contributed by atoms with Crippen LogP contribution in [0.15, 0.2) is 42.5 Å². The number of benzene rings is 2. The van der Waals surface area contributed by atoms with Gasteiger partial charge in [-0.05, 0) is 49.1 Å². The summed E-state index contributed by atoms with van der Waals surface area (Å²) in [4.78, 5) is 28.4. The van der Waals surface area contributed by atoms with Gasteiger partial charge >= 0.3 is 6.03 Å². The molecular weight excluding hydrogens is 373 g/mol. The Balaban J connectivity index is 1.51. The summed E-state index contributed by atoms with van der Waals surface area (Å²) in [5.74, 6) is 0.322. The second kappa shape index (κ2) is 8.11. The Kier molecular flexibility index (Phi) is 5.38. The van der Waals surface area contributed by atoms with Crippen LogP contribution in [-0.2, 0) is 4.79 Å². The van der Waals surface area contributed by atoms with Crippen molar-refractivity contribution in [1.29, 1.82) is 0 Å². The minimum Gasteiger partial charge on any atom is -0.494 e. The lowest BCUT2D eigenvalue weighted by Crippen LogP contribution is -2.34. The number of urea groups is 1. The quantitative estimate of drug-likeness (QED) is 0.835. The lowest BCUT2D eigenvalue weighted by molar-refractivity contribution is -0.117. The van der Waals surface area contributed by atoms with Crippen LogP contribution < -0.4 is 15.0 Å². The average Bonchev–Trinajstić information content (AvgIpc) is 3.37. The third kappa shape index (κ3) is 3.90. The molecule has 0 spiro atoms. The summed E-state index contributed by atoms with van der Waals surface area (Å²) in [6.07, 6.45) is 3.04. The van der Waals surface area contributed by atoms with E-state index in [0.717, 1.165) is 24.8 Å². The monoisotopic (exact) mass is 397 g/mol. The van der Waals surface area contributed by atoms with Gasteiger partial charge < -0.3 is 19.9 Å². The first-order chi connectivity index (χ1) is 14.1. The van der Waals surface area contributed by atoms with Crippen LogP contribution in [0.2, 0.25) is 0 Å². The molecule has 152 valence electrons. The van der Waals surface area contributed by atoms with E-state index in [1.54, 1.807) is 41.2 Å². The van der Waals surface area contributed by atoms with Gasteiger partial charge in [-0.25, -0.2) is 9.18 Å². The maximum Gasteiger partial charge on any atom is 0.322 e. The highest BCUT2D eigenvalue weighted by molar-refractivity contribution is 5.97. The molecule has 2 aliphatic rings. The number of rotatable bonds is 4. The van der Waals surface area contributed by atoms with Crippen molar-refractivity contribution in [1.82, 2.24) is 4.90 Å². The van der Waals surface area contributed by atoms with Crippen LogP contribution in [0.5, 0.6) is 5.75 Å². The molecule has 2 aromatic carbocycles. The molecule has 0 saturated carbocycles. The van der Waals surface area contributed by atoms with E-state index in [1.165, 1.54) is 12.1 Å². The number of anilines is 2. The molecule has 4 rings (SSSR count). The highest BCUT2D eigenvalue weighted by Crippen LogP contribution is 2.35. The van der Waals surface area contributed by atoms with Crippen molar-refractivity contribution in [3.63, 3.8) is 0 Å². The van der Waals surface area contributed by atoms with E-state index in [1.807, 2.05) is 6.07 Å². The molecule has 1 N–H and O–H groups in total. The van der Waals surface area contributed by atoms with Gasteiger partial charge in [0.05, 0.1) is 18.8 Å². The SMILES string of the molecule is COc1cc(NC(=O)N2CCC[C@@H]2c2cccc(F)c2)ccc1N1CCCC1=O. The number of nitrogens with zero attached hydrogens (tertiary/aromatic N) is 2. The van der Waals surface area contributed by atoms with Crippen LogP contribution in [0.4, 0.5) is 20.6 Å². The van der Waals surface area contributed by atoms with Crippen molar-refractivity contribution in [2.24, 2.45) is 0 Å². The molecule has 0 bridgehead atoms. The topological polar surface area (TPSA) is 61.9 Å². The zero-order valence-electron chi connectivity index (χ0n) is 16.4. The number of hydrogen-bond donors (Lipinski definition) is 1. The van der Waals surface area contributed by atoms with Crippen molar-refractivity contribution < 1.29 is 18.7 Å². The highest BCUT2D eigenvalue weighted by atomic mass is 19.1. The fraction of sp³-hybridized carbons (Fsp3) is 0.364. The number of carbonyl (C=O) groups is 2. The molecule has 2 aliphatic heterocycles. The molecule has 2 aromatic rings. The molecule has 0 radical (unpaired) electrons. The number of carbonyl (C=O) groups excluding carboxylic acids is 2. The van der Waals surface area contributed by atoms with Crippen molar-refractivity contribution in [3.8, 4) is 5.75 Å². The molecule has 0 aliphatic carbocycles. The molecule has 0 aromatic heterocycles. The Morgan fingerprint density at radius 1 is 1.17 bits per heavy atom. The van der Waals surface area contributed by atoms with Gasteiger partial charge in [0.25, 0.3) is 0 Å². The van der Waals surface area contributed by atoms with Crippen LogP contribution in [0, 0.1) is 5.82 Å². The zero-order chi connectivity index (χ0) is 20.4. The van der Waals surface area contributed by atoms with Crippen molar-refractivity contribution in [3.05, 3.63) is 53.8 Å². The first-order valence-corrected chi connectivity index (χ1v) is 9.88. The van der Waals surface area contributed by atoms with Gasteiger partial charge in [0.2, 0.25) is 5.91 Å².